The van der Waals surface area contributed by atoms with E-state index in [4.69, 9.17) is 20.8 Å². The zero-order valence-corrected chi connectivity index (χ0v) is 15.3. The first-order valence-corrected chi connectivity index (χ1v) is 8.72. The summed E-state index contributed by atoms with van der Waals surface area (Å²) in [6, 6.07) is 20.1. The molecule has 0 bridgehead atoms. The van der Waals surface area contributed by atoms with Crippen LogP contribution in [0.2, 0.25) is 5.02 Å². The molecule has 4 aromatic rings. The van der Waals surface area contributed by atoms with Crippen molar-refractivity contribution in [1.29, 1.82) is 0 Å². The zero-order valence-electron chi connectivity index (χ0n) is 14.5. The van der Waals surface area contributed by atoms with Crippen LogP contribution in [0.1, 0.15) is 5.56 Å². The lowest BCUT2D eigenvalue weighted by Crippen LogP contribution is -1.83. The molecule has 1 N–H and O–H groups in total. The Morgan fingerprint density at radius 2 is 1.74 bits per heavy atom. The van der Waals surface area contributed by atoms with Gasteiger partial charge in [-0.1, -0.05) is 41.9 Å². The smallest absolute Gasteiger partial charge is 0.228 e. The molecule has 0 radical (unpaired) electrons. The average Bonchev–Trinajstić information content (AvgIpc) is 3.07. The Bertz CT molecular complexity index is 1110. The Labute approximate surface area is 161 Å². The highest BCUT2D eigenvalue weighted by Crippen LogP contribution is 2.44. The summed E-state index contributed by atoms with van der Waals surface area (Å²) in [4.78, 5) is 4.53. The topological polar surface area (TPSA) is 55.0 Å². The number of methoxy groups -OCH3 is 1. The molecule has 5 heteroatoms. The summed E-state index contributed by atoms with van der Waals surface area (Å²) in [5.41, 5.74) is 3.07. The molecular weight excluding hydrogens is 362 g/mol. The molecule has 0 unspecified atom stereocenters. The predicted molar refractivity (Wildman–Crippen MR) is 109 cm³/mol. The number of phenolic OH excluding ortho intramolecular Hbond substituents is 1. The first-order chi connectivity index (χ1) is 13.2. The minimum Gasteiger partial charge on any atom is -0.507 e. The Hall–Kier alpha value is -3.24. The Morgan fingerprint density at radius 3 is 2.44 bits per heavy atom. The van der Waals surface area contributed by atoms with E-state index in [2.05, 4.69) is 4.99 Å². The first-order valence-electron chi connectivity index (χ1n) is 8.34. The van der Waals surface area contributed by atoms with E-state index in [0.717, 1.165) is 22.4 Å². The van der Waals surface area contributed by atoms with Crippen LogP contribution in [-0.2, 0) is 0 Å². The van der Waals surface area contributed by atoms with Crippen LogP contribution >= 0.6 is 11.6 Å². The van der Waals surface area contributed by atoms with Crippen molar-refractivity contribution in [2.45, 2.75) is 0 Å². The van der Waals surface area contributed by atoms with Crippen LogP contribution in [0, 0.1) is 0 Å². The average molecular weight is 378 g/mol. The molecule has 0 fully saturated rings. The summed E-state index contributed by atoms with van der Waals surface area (Å²) in [6.07, 6.45) is 1.71. The maximum absolute atomic E-state index is 10.4. The van der Waals surface area contributed by atoms with E-state index < -0.39 is 0 Å². The molecule has 0 atom stereocenters. The second kappa shape index (κ2) is 7.17. The normalized spacial score (nSPS) is 11.3. The number of halogens is 1. The molecule has 1 aromatic heterocycles. The third-order valence-corrected chi connectivity index (χ3v) is 4.51. The summed E-state index contributed by atoms with van der Waals surface area (Å²) in [5, 5.41) is 11.7. The second-order valence-corrected chi connectivity index (χ2v) is 6.41. The highest BCUT2D eigenvalue weighted by molar-refractivity contribution is 6.30. The van der Waals surface area contributed by atoms with E-state index in [1.807, 2.05) is 42.5 Å². The number of phenols is 1. The van der Waals surface area contributed by atoms with E-state index in [1.165, 1.54) is 0 Å². The predicted octanol–water partition coefficient (Wildman–Crippen LogP) is 6.22. The van der Waals surface area contributed by atoms with E-state index in [1.54, 1.807) is 37.6 Å². The van der Waals surface area contributed by atoms with Crippen molar-refractivity contribution in [2.24, 2.45) is 4.99 Å². The molecule has 27 heavy (non-hydrogen) atoms. The van der Waals surface area contributed by atoms with Crippen molar-refractivity contribution >= 4 is 34.7 Å². The number of aromatic hydroxyl groups is 1. The molecule has 0 aliphatic heterocycles. The van der Waals surface area contributed by atoms with Crippen LogP contribution in [-0.4, -0.2) is 18.4 Å². The minimum absolute atomic E-state index is 0.148. The van der Waals surface area contributed by atoms with Crippen molar-refractivity contribution in [3.05, 3.63) is 77.3 Å². The van der Waals surface area contributed by atoms with Gasteiger partial charge in [0.1, 0.15) is 17.1 Å². The second-order valence-electron chi connectivity index (χ2n) is 5.97. The highest BCUT2D eigenvalue weighted by atomic mass is 35.5. The van der Waals surface area contributed by atoms with Gasteiger partial charge in [0, 0.05) is 11.2 Å². The van der Waals surface area contributed by atoms with Crippen LogP contribution in [0.3, 0.4) is 0 Å². The SMILES string of the molecule is COc1ccc(-c2c(/N=C/c3ccc(Cl)cc3)oc3cccc(O)c23)cc1. The number of hydrogen-bond acceptors (Lipinski definition) is 4. The van der Waals surface area contributed by atoms with Gasteiger partial charge in [-0.25, -0.2) is 4.99 Å². The number of benzene rings is 3. The van der Waals surface area contributed by atoms with E-state index >= 15 is 0 Å². The van der Waals surface area contributed by atoms with Crippen molar-refractivity contribution in [2.75, 3.05) is 7.11 Å². The van der Waals surface area contributed by atoms with Crippen molar-refractivity contribution in [3.8, 4) is 22.6 Å². The number of furan rings is 1. The van der Waals surface area contributed by atoms with Crippen LogP contribution in [0.15, 0.2) is 76.1 Å². The van der Waals surface area contributed by atoms with Gasteiger partial charge in [0.2, 0.25) is 5.88 Å². The summed E-state index contributed by atoms with van der Waals surface area (Å²) < 4.78 is 11.2. The molecule has 4 rings (SSSR count). The molecule has 4 nitrogen and oxygen atoms in total. The van der Waals surface area contributed by atoms with Gasteiger partial charge in [0.05, 0.1) is 18.1 Å². The van der Waals surface area contributed by atoms with Gasteiger partial charge in [-0.05, 0) is 47.5 Å². The Morgan fingerprint density at radius 1 is 1.00 bits per heavy atom. The fourth-order valence-electron chi connectivity index (χ4n) is 2.92. The van der Waals surface area contributed by atoms with E-state index in [0.29, 0.717) is 21.9 Å². The summed E-state index contributed by atoms with van der Waals surface area (Å²) in [6.45, 7) is 0. The van der Waals surface area contributed by atoms with Crippen LogP contribution in [0.5, 0.6) is 11.5 Å². The number of rotatable bonds is 4. The number of fused-ring (bicyclic) bond motifs is 1. The van der Waals surface area contributed by atoms with Gasteiger partial charge in [0.25, 0.3) is 0 Å². The Balaban J connectivity index is 1.86. The van der Waals surface area contributed by atoms with Crippen molar-refractivity contribution < 1.29 is 14.3 Å². The quantitative estimate of drug-likeness (QED) is 0.429. The van der Waals surface area contributed by atoms with Crippen LogP contribution in [0.25, 0.3) is 22.1 Å². The summed E-state index contributed by atoms with van der Waals surface area (Å²) in [5.74, 6) is 1.32. The third kappa shape index (κ3) is 3.39. The molecule has 0 saturated carbocycles. The maximum Gasteiger partial charge on any atom is 0.228 e. The molecular formula is C22H16ClNO3. The minimum atomic E-state index is 0.148. The van der Waals surface area contributed by atoms with Gasteiger partial charge in [-0.2, -0.15) is 0 Å². The van der Waals surface area contributed by atoms with Crippen molar-refractivity contribution in [3.63, 3.8) is 0 Å². The highest BCUT2D eigenvalue weighted by Gasteiger charge is 2.18. The fourth-order valence-corrected chi connectivity index (χ4v) is 3.04. The molecule has 3 aromatic carbocycles. The molecule has 0 saturated heterocycles. The fraction of sp³-hybridized carbons (Fsp3) is 0.0455. The lowest BCUT2D eigenvalue weighted by Gasteiger charge is -2.04. The van der Waals surface area contributed by atoms with Gasteiger partial charge in [-0.15, -0.1) is 0 Å². The number of hydrogen-bond donors (Lipinski definition) is 1. The molecule has 0 spiro atoms. The lowest BCUT2D eigenvalue weighted by molar-refractivity contribution is 0.415. The van der Waals surface area contributed by atoms with Gasteiger partial charge >= 0.3 is 0 Å². The lowest BCUT2D eigenvalue weighted by atomic mass is 10.0. The maximum atomic E-state index is 10.4. The van der Waals surface area contributed by atoms with Gasteiger partial charge in [0.15, 0.2) is 0 Å². The molecule has 0 amide bonds. The molecule has 134 valence electrons. The molecule has 0 aliphatic rings. The number of aliphatic imine (C=N–C) groups is 1. The monoisotopic (exact) mass is 377 g/mol. The Kier molecular flexibility index (Phi) is 4.57. The van der Waals surface area contributed by atoms with E-state index in [-0.39, 0.29) is 5.75 Å². The largest absolute Gasteiger partial charge is 0.507 e. The third-order valence-electron chi connectivity index (χ3n) is 4.25. The van der Waals surface area contributed by atoms with Gasteiger partial charge in [-0.3, -0.25) is 0 Å². The standard InChI is InChI=1S/C22H16ClNO3/c1-26-17-11-7-15(8-12-17)20-21-18(25)3-2-4-19(21)27-22(20)24-13-14-5-9-16(23)10-6-14/h2-13,25H,1H3/b24-13+. The summed E-state index contributed by atoms with van der Waals surface area (Å²) in [7, 11) is 1.62. The molecule has 0 aliphatic carbocycles. The number of ether oxygens (including phenoxy) is 1. The van der Waals surface area contributed by atoms with Crippen molar-refractivity contribution in [1.82, 2.24) is 0 Å². The summed E-state index contributed by atoms with van der Waals surface area (Å²) >= 11 is 5.93. The van der Waals surface area contributed by atoms with Gasteiger partial charge < -0.3 is 14.3 Å². The van der Waals surface area contributed by atoms with E-state index in [9.17, 15) is 5.11 Å². The number of nitrogens with zero attached hydrogens (tertiary/aromatic N) is 1. The first kappa shape index (κ1) is 17.2. The molecule has 1 heterocycles. The van der Waals surface area contributed by atoms with Crippen LogP contribution < -0.4 is 4.74 Å². The zero-order chi connectivity index (χ0) is 18.8. The van der Waals surface area contributed by atoms with Crippen LogP contribution in [0.4, 0.5) is 5.88 Å².